The predicted octanol–water partition coefficient (Wildman–Crippen LogP) is 18.2. The van der Waals surface area contributed by atoms with Crippen LogP contribution in [-0.4, -0.2) is 144 Å². The zero-order chi connectivity index (χ0) is 71.6. The van der Waals surface area contributed by atoms with Crippen LogP contribution in [-0.2, 0) is 14.4 Å². The van der Waals surface area contributed by atoms with Crippen LogP contribution in [0.2, 0.25) is 0 Å². The van der Waals surface area contributed by atoms with E-state index in [1.807, 2.05) is 86.6 Å². The van der Waals surface area contributed by atoms with Crippen LogP contribution in [0.25, 0.3) is 0 Å². The summed E-state index contributed by atoms with van der Waals surface area (Å²) in [6.45, 7) is 90.9. The van der Waals surface area contributed by atoms with Crippen LogP contribution >= 0.6 is 0 Å². The van der Waals surface area contributed by atoms with E-state index in [1.54, 1.807) is 4.90 Å². The van der Waals surface area contributed by atoms with E-state index >= 15 is 0 Å². The van der Waals surface area contributed by atoms with Crippen LogP contribution in [0, 0.1) is 55.2 Å². The van der Waals surface area contributed by atoms with E-state index in [1.165, 1.54) is 38.1 Å². The molecular weight excluding hydrogens is 1090 g/mol. The number of carbonyl (C=O) groups is 3. The third kappa shape index (κ3) is 42.0. The average molecular weight is 1260 g/mol. The molecule has 3 fully saturated rings. The van der Waals surface area contributed by atoms with E-state index in [4.69, 9.17) is 0 Å². The monoisotopic (exact) mass is 1260 g/mol. The lowest BCUT2D eigenvalue weighted by molar-refractivity contribution is -0.155. The molecule has 13 nitrogen and oxygen atoms in total. The van der Waals surface area contributed by atoms with Crippen molar-refractivity contribution in [2.45, 2.75) is 323 Å². The van der Waals surface area contributed by atoms with Crippen molar-refractivity contribution in [1.29, 1.82) is 0 Å². The minimum absolute atomic E-state index is 0. The Morgan fingerprint density at radius 3 is 0.795 bits per heavy atom. The van der Waals surface area contributed by atoms with Gasteiger partial charge >= 0.3 is 0 Å². The number of carbonyl (C=O) groups excluding carboxylic acids is 3. The lowest BCUT2D eigenvalue weighted by Gasteiger charge is -2.52. The highest BCUT2D eigenvalue weighted by molar-refractivity contribution is 5.87. The summed E-state index contributed by atoms with van der Waals surface area (Å²) in [6.07, 6.45) is 7.34. The van der Waals surface area contributed by atoms with Gasteiger partial charge < -0.3 is 38.5 Å². The summed E-state index contributed by atoms with van der Waals surface area (Å²) >= 11 is 0. The second kappa shape index (κ2) is 37.5. The SMILES string of the molecule is C/C(=C/C(C)(C)C)C(C)(C)C.C/C(=C/C(C)(C)C)C(C)(C)C.CC(CC(C)(C)C)C(C)(C)C.CC(CC(C)(C)C)C(C)(C)C.CN.CN.CN1CC(C)(C)N(C)C(C)(C)C1=O.CN1CC(C)(C)N(C)C(C)(C)C1=O.CN1CC(C)(C)NC(C)(C)C1=O.N.N. The summed E-state index contributed by atoms with van der Waals surface area (Å²) < 4.78 is 0. The van der Waals surface area contributed by atoms with Crippen molar-refractivity contribution in [2.24, 2.45) is 66.6 Å². The first-order valence-electron chi connectivity index (χ1n) is 32.7. The summed E-state index contributed by atoms with van der Waals surface area (Å²) in [6, 6.07) is 0. The summed E-state index contributed by atoms with van der Waals surface area (Å²) in [5, 5.41) is 3.32. The van der Waals surface area contributed by atoms with Gasteiger partial charge in [0.15, 0.2) is 0 Å². The number of amides is 3. The molecule has 534 valence electrons. The molecule has 0 aromatic heterocycles. The molecule has 3 heterocycles. The molecule has 3 aliphatic rings. The molecule has 3 saturated heterocycles. The van der Waals surface area contributed by atoms with Crippen molar-refractivity contribution in [3.8, 4) is 0 Å². The van der Waals surface area contributed by atoms with Crippen molar-refractivity contribution >= 4 is 17.7 Å². The molecule has 3 aliphatic heterocycles. The summed E-state index contributed by atoms with van der Waals surface area (Å²) in [4.78, 5) is 45.0. The third-order valence-electron chi connectivity index (χ3n) is 17.1. The fourth-order valence-corrected chi connectivity index (χ4v) is 10.5. The summed E-state index contributed by atoms with van der Waals surface area (Å²) in [5.74, 6) is 2.19. The Bertz CT molecular complexity index is 1900. The van der Waals surface area contributed by atoms with Crippen molar-refractivity contribution in [1.82, 2.24) is 42.1 Å². The van der Waals surface area contributed by atoms with Crippen LogP contribution in [0.4, 0.5) is 0 Å². The molecule has 0 spiro atoms. The molecule has 13 heteroatoms. The molecule has 0 bridgehead atoms. The van der Waals surface area contributed by atoms with Crippen molar-refractivity contribution < 1.29 is 14.4 Å². The minimum atomic E-state index is -0.420. The zero-order valence-electron chi connectivity index (χ0n) is 68.9. The Balaban J connectivity index is -0.000000140. The lowest BCUT2D eigenvalue weighted by atomic mass is 9.73. The van der Waals surface area contributed by atoms with Crippen molar-refractivity contribution in [2.75, 3.05) is 69.0 Å². The topological polar surface area (TPSA) is 201 Å². The highest BCUT2D eigenvalue weighted by Gasteiger charge is 2.48. The van der Waals surface area contributed by atoms with E-state index in [0.717, 1.165) is 31.5 Å². The second-order valence-corrected chi connectivity index (χ2v) is 37.9. The molecule has 11 N–H and O–H groups in total. The number of hydrogen-bond acceptors (Lipinski definition) is 10. The lowest BCUT2D eigenvalue weighted by Crippen LogP contribution is -2.69. The quantitative estimate of drug-likeness (QED) is 0.166. The Morgan fingerprint density at radius 1 is 0.432 bits per heavy atom. The number of rotatable bonds is 2. The maximum atomic E-state index is 11.8. The number of nitrogens with zero attached hydrogens (tertiary/aromatic N) is 5. The van der Waals surface area contributed by atoms with E-state index < -0.39 is 5.54 Å². The number of hydrogen-bond donors (Lipinski definition) is 5. The smallest absolute Gasteiger partial charge is 0.242 e. The van der Waals surface area contributed by atoms with Crippen molar-refractivity contribution in [3.63, 3.8) is 0 Å². The van der Waals surface area contributed by atoms with E-state index in [0.29, 0.717) is 43.3 Å². The van der Waals surface area contributed by atoms with Crippen molar-refractivity contribution in [3.05, 3.63) is 23.3 Å². The van der Waals surface area contributed by atoms with E-state index in [2.05, 4.69) is 274 Å². The predicted molar refractivity (Wildman–Crippen MR) is 397 cm³/mol. The van der Waals surface area contributed by atoms with Gasteiger partial charge in [0.25, 0.3) is 0 Å². The van der Waals surface area contributed by atoms with Crippen LogP contribution in [0.3, 0.4) is 0 Å². The average Bonchev–Trinajstić information content (AvgIpc) is 3.24. The largest absolute Gasteiger partial charge is 0.344 e. The number of likely N-dealkylation sites (N-methyl/N-ethyl adjacent to an activating group) is 5. The van der Waals surface area contributed by atoms with Gasteiger partial charge in [-0.1, -0.05) is 203 Å². The molecule has 2 atom stereocenters. The number of piperazine rings is 3. The molecule has 3 rings (SSSR count). The molecule has 0 aliphatic carbocycles. The molecule has 2 unspecified atom stereocenters. The first-order valence-corrected chi connectivity index (χ1v) is 32.7. The standard InChI is InChI=1S/2C11H24.2C11H22.2C10H20N2O.C9H18N2O.2CH5N.2H3N/c4*1-9(11(5,6)7)8-10(2,3)4;2*1-9(2)7-11(5)8(13)10(3,4)12(9)6;1-8(2)6-11(5)7(12)9(3,4)10-8;2*1-2;;/h2*9H,8H2,1-7H3;2*8H,1-7H3;2*7H2,1-6H3;10H,6H2,1-5H3;2*2H2,1H3;2*1H3/b;;2*9-8-;;;;;;;. The van der Waals surface area contributed by atoms with Gasteiger partial charge in [0.1, 0.15) is 0 Å². The maximum absolute atomic E-state index is 11.8. The van der Waals surface area contributed by atoms with Gasteiger partial charge in [-0.2, -0.15) is 0 Å². The minimum Gasteiger partial charge on any atom is -0.344 e. The van der Waals surface area contributed by atoms with Gasteiger partial charge in [-0.25, -0.2) is 0 Å². The van der Waals surface area contributed by atoms with E-state index in [-0.39, 0.29) is 57.7 Å². The molecule has 88 heavy (non-hydrogen) atoms. The highest BCUT2D eigenvalue weighted by Crippen LogP contribution is 2.37. The molecule has 0 radical (unpaired) electrons. The summed E-state index contributed by atoms with van der Waals surface area (Å²) in [7, 11) is 12.6. The molecule has 0 aromatic rings. The van der Waals surface area contributed by atoms with Crippen LogP contribution in [0.1, 0.15) is 290 Å². The molecule has 0 aromatic carbocycles. The Hall–Kier alpha value is -2.39. The third-order valence-corrected chi connectivity index (χ3v) is 17.1. The van der Waals surface area contributed by atoms with Gasteiger partial charge in [0.2, 0.25) is 17.7 Å². The molecule has 3 amide bonds. The number of nitrogens with one attached hydrogen (secondary N) is 1. The Labute approximate surface area is 553 Å². The van der Waals surface area contributed by atoms with Gasteiger partial charge in [-0.15, -0.1) is 0 Å². The van der Waals surface area contributed by atoms with Gasteiger partial charge in [0, 0.05) is 57.4 Å². The van der Waals surface area contributed by atoms with Crippen LogP contribution in [0.15, 0.2) is 23.3 Å². The number of nitrogens with two attached hydrogens (primary N) is 2. The highest BCUT2D eigenvalue weighted by atomic mass is 16.2. The van der Waals surface area contributed by atoms with Crippen LogP contribution < -0.4 is 29.1 Å². The van der Waals surface area contributed by atoms with Gasteiger partial charge in [0.05, 0.1) is 16.6 Å². The van der Waals surface area contributed by atoms with Gasteiger partial charge in [-0.05, 0) is 193 Å². The normalized spacial score (nSPS) is 20.1. The fourth-order valence-electron chi connectivity index (χ4n) is 10.5. The maximum Gasteiger partial charge on any atom is 0.242 e. The van der Waals surface area contributed by atoms with Crippen LogP contribution in [0.5, 0.6) is 0 Å². The Kier molecular flexibility index (Phi) is 43.3. The molecule has 0 saturated carbocycles. The summed E-state index contributed by atoms with van der Waals surface area (Å²) in [5.41, 5.74) is 14.1. The molecular formula is C75H166N10O3. The number of allylic oxidation sites excluding steroid dienone is 4. The van der Waals surface area contributed by atoms with E-state index in [9.17, 15) is 14.4 Å². The first-order chi connectivity index (χ1) is 37.1. The first kappa shape index (κ1) is 102. The van der Waals surface area contributed by atoms with Gasteiger partial charge in [-0.3, -0.25) is 29.5 Å². The zero-order valence-corrected chi connectivity index (χ0v) is 68.9. The Morgan fingerprint density at radius 2 is 0.648 bits per heavy atom. The second-order valence-electron chi connectivity index (χ2n) is 37.9. The fraction of sp³-hybridized carbons (Fsp3) is 0.907.